The zero-order chi connectivity index (χ0) is 19.3. The molecule has 6 heteroatoms. The molecule has 1 atom stereocenters. The second-order valence-corrected chi connectivity index (χ2v) is 8.21. The van der Waals surface area contributed by atoms with E-state index in [1.807, 2.05) is 30.3 Å². The van der Waals surface area contributed by atoms with Gasteiger partial charge in [-0.25, -0.2) is 0 Å². The van der Waals surface area contributed by atoms with Crippen molar-refractivity contribution in [2.24, 2.45) is 0 Å². The largest absolute Gasteiger partial charge is 0.497 e. The molecule has 1 spiro atoms. The predicted octanol–water partition coefficient (Wildman–Crippen LogP) is 4.07. The summed E-state index contributed by atoms with van der Waals surface area (Å²) in [7, 11) is 3.85. The Labute approximate surface area is 170 Å². The fraction of sp³-hybridized carbons (Fsp3) is 0.364. The third-order valence-electron chi connectivity index (χ3n) is 6.04. The molecule has 0 amide bonds. The number of nitrogens with zero attached hydrogens (tertiary/aromatic N) is 2. The number of halogens is 1. The summed E-state index contributed by atoms with van der Waals surface area (Å²) in [5.41, 5.74) is 6.61. The van der Waals surface area contributed by atoms with Crippen LogP contribution < -0.4 is 14.9 Å². The van der Waals surface area contributed by atoms with E-state index in [0.717, 1.165) is 59.3 Å². The monoisotopic (exact) mass is 397 g/mol. The van der Waals surface area contributed by atoms with Gasteiger partial charge in [0.2, 0.25) is 0 Å². The standard InChI is InChI=1S/C22H24ClN3O2/c1-25-11-9-22(10-12-25)26-20(18-13-16(23)5-8-21(18)28-22)14-19(24-26)15-3-6-17(27-2)7-4-15/h3-8,13-14,20,24H,9-12H2,1-2H3. The van der Waals surface area contributed by atoms with Crippen molar-refractivity contribution in [1.82, 2.24) is 15.3 Å². The minimum Gasteiger partial charge on any atom is -0.497 e. The van der Waals surface area contributed by atoms with Crippen LogP contribution in [0.4, 0.5) is 0 Å². The first kappa shape index (κ1) is 17.9. The van der Waals surface area contributed by atoms with Gasteiger partial charge in [0.25, 0.3) is 0 Å². The summed E-state index contributed by atoms with van der Waals surface area (Å²) in [6.45, 7) is 2.01. The molecule has 1 fully saturated rings. The summed E-state index contributed by atoms with van der Waals surface area (Å²) < 4.78 is 11.9. The molecule has 5 rings (SSSR count). The van der Waals surface area contributed by atoms with Crippen molar-refractivity contribution >= 4 is 17.3 Å². The molecule has 3 aliphatic rings. The van der Waals surface area contributed by atoms with E-state index in [1.165, 1.54) is 0 Å². The highest BCUT2D eigenvalue weighted by Crippen LogP contribution is 2.49. The maximum atomic E-state index is 6.62. The normalized spacial score (nSPS) is 23.4. The van der Waals surface area contributed by atoms with E-state index < -0.39 is 0 Å². The molecular weight excluding hydrogens is 374 g/mol. The van der Waals surface area contributed by atoms with Gasteiger partial charge in [-0.15, -0.1) is 0 Å². The van der Waals surface area contributed by atoms with Crippen LogP contribution in [0.25, 0.3) is 5.70 Å². The van der Waals surface area contributed by atoms with Gasteiger partial charge in [0.1, 0.15) is 11.5 Å². The first-order valence-electron chi connectivity index (χ1n) is 9.67. The van der Waals surface area contributed by atoms with Crippen LogP contribution in [-0.2, 0) is 0 Å². The third kappa shape index (κ3) is 2.85. The quantitative estimate of drug-likeness (QED) is 0.826. The molecule has 2 aromatic carbocycles. The van der Waals surface area contributed by atoms with Gasteiger partial charge in [-0.2, -0.15) is 5.01 Å². The molecule has 146 valence electrons. The Morgan fingerprint density at radius 3 is 2.61 bits per heavy atom. The number of rotatable bonds is 2. The molecule has 1 unspecified atom stereocenters. The number of nitrogens with one attached hydrogen (secondary N) is 1. The third-order valence-corrected chi connectivity index (χ3v) is 6.28. The topological polar surface area (TPSA) is 37.0 Å². The molecule has 0 saturated carbocycles. The highest BCUT2D eigenvalue weighted by molar-refractivity contribution is 6.30. The van der Waals surface area contributed by atoms with Gasteiger partial charge >= 0.3 is 0 Å². The summed E-state index contributed by atoms with van der Waals surface area (Å²) >= 11 is 6.31. The lowest BCUT2D eigenvalue weighted by atomic mass is 9.93. The van der Waals surface area contributed by atoms with E-state index in [4.69, 9.17) is 21.1 Å². The first-order valence-corrected chi connectivity index (χ1v) is 10.0. The molecule has 3 aliphatic heterocycles. The smallest absolute Gasteiger partial charge is 0.182 e. The number of hydrogen-bond acceptors (Lipinski definition) is 5. The van der Waals surface area contributed by atoms with E-state index in [2.05, 4.69) is 40.6 Å². The van der Waals surface area contributed by atoms with Crippen LogP contribution in [0.3, 0.4) is 0 Å². The van der Waals surface area contributed by atoms with Crippen LogP contribution in [0.15, 0.2) is 48.5 Å². The summed E-state index contributed by atoms with van der Waals surface area (Å²) in [5.74, 6) is 1.79. The molecule has 0 radical (unpaired) electrons. The molecule has 0 bridgehead atoms. The lowest BCUT2D eigenvalue weighted by Crippen LogP contribution is -2.63. The van der Waals surface area contributed by atoms with Crippen molar-refractivity contribution in [3.05, 3.63) is 64.7 Å². The molecule has 0 aromatic heterocycles. The number of piperidine rings is 1. The van der Waals surface area contributed by atoms with E-state index in [1.54, 1.807) is 7.11 Å². The number of methoxy groups -OCH3 is 1. The van der Waals surface area contributed by atoms with Gasteiger partial charge in [-0.1, -0.05) is 11.6 Å². The number of hydrogen-bond donors (Lipinski definition) is 1. The number of fused-ring (bicyclic) bond motifs is 4. The van der Waals surface area contributed by atoms with Crippen LogP contribution in [0, 0.1) is 0 Å². The van der Waals surface area contributed by atoms with Crippen molar-refractivity contribution in [3.8, 4) is 11.5 Å². The molecule has 1 N–H and O–H groups in total. The minimum atomic E-state index is -0.358. The van der Waals surface area contributed by atoms with Crippen molar-refractivity contribution in [1.29, 1.82) is 0 Å². The summed E-state index contributed by atoms with van der Waals surface area (Å²) in [6, 6.07) is 14.2. The average molecular weight is 398 g/mol. The number of benzene rings is 2. The van der Waals surface area contributed by atoms with Crippen LogP contribution >= 0.6 is 11.6 Å². The Bertz CT molecular complexity index is 920. The van der Waals surface area contributed by atoms with E-state index >= 15 is 0 Å². The number of ether oxygens (including phenoxy) is 2. The Morgan fingerprint density at radius 2 is 1.89 bits per heavy atom. The van der Waals surface area contributed by atoms with Crippen molar-refractivity contribution in [2.45, 2.75) is 24.6 Å². The van der Waals surface area contributed by atoms with Gasteiger partial charge in [-0.3, -0.25) is 0 Å². The minimum absolute atomic E-state index is 0.0861. The molecular formula is C22H24ClN3O2. The van der Waals surface area contributed by atoms with Crippen LogP contribution in [0.1, 0.15) is 30.0 Å². The maximum absolute atomic E-state index is 6.62. The summed E-state index contributed by atoms with van der Waals surface area (Å²) in [5, 5.41) is 3.02. The highest BCUT2D eigenvalue weighted by atomic mass is 35.5. The Kier molecular flexibility index (Phi) is 4.27. The van der Waals surface area contributed by atoms with Gasteiger partial charge < -0.3 is 19.8 Å². The van der Waals surface area contributed by atoms with E-state index in [9.17, 15) is 0 Å². The molecule has 1 saturated heterocycles. The second kappa shape index (κ2) is 6.69. The van der Waals surface area contributed by atoms with Gasteiger partial charge in [0.15, 0.2) is 5.72 Å². The molecule has 28 heavy (non-hydrogen) atoms. The Hall–Kier alpha value is -2.21. The zero-order valence-corrected chi connectivity index (χ0v) is 16.9. The zero-order valence-electron chi connectivity index (χ0n) is 16.1. The van der Waals surface area contributed by atoms with Crippen LogP contribution in [0.2, 0.25) is 5.02 Å². The lowest BCUT2D eigenvalue weighted by molar-refractivity contribution is -0.157. The highest BCUT2D eigenvalue weighted by Gasteiger charge is 2.51. The molecule has 2 aromatic rings. The van der Waals surface area contributed by atoms with Gasteiger partial charge in [-0.05, 0) is 61.2 Å². The second-order valence-electron chi connectivity index (χ2n) is 7.77. The van der Waals surface area contributed by atoms with Gasteiger partial charge in [0.05, 0.1) is 18.8 Å². The van der Waals surface area contributed by atoms with E-state index in [0.29, 0.717) is 0 Å². The van der Waals surface area contributed by atoms with Crippen molar-refractivity contribution in [2.75, 3.05) is 27.2 Å². The molecule has 5 nitrogen and oxygen atoms in total. The fourth-order valence-electron chi connectivity index (χ4n) is 4.39. The summed E-state index contributed by atoms with van der Waals surface area (Å²) in [6.07, 6.45) is 4.16. The molecule has 3 heterocycles. The predicted molar refractivity (Wildman–Crippen MR) is 110 cm³/mol. The average Bonchev–Trinajstić information content (AvgIpc) is 3.18. The SMILES string of the molecule is COc1ccc(C2=CC3c4cc(Cl)ccc4OC4(CCN(C)CC4)N3N2)cc1. The Morgan fingerprint density at radius 1 is 1.14 bits per heavy atom. The van der Waals surface area contributed by atoms with E-state index in [-0.39, 0.29) is 11.8 Å². The summed E-state index contributed by atoms with van der Waals surface area (Å²) in [4.78, 5) is 2.36. The molecule has 0 aliphatic carbocycles. The van der Waals surface area contributed by atoms with Crippen molar-refractivity contribution < 1.29 is 9.47 Å². The van der Waals surface area contributed by atoms with Crippen molar-refractivity contribution in [3.63, 3.8) is 0 Å². The van der Waals surface area contributed by atoms with Crippen LogP contribution in [0.5, 0.6) is 11.5 Å². The maximum Gasteiger partial charge on any atom is 0.182 e. The number of likely N-dealkylation sites (tertiary alicyclic amines) is 1. The number of hydrazine groups is 1. The lowest BCUT2D eigenvalue weighted by Gasteiger charge is -2.51. The first-order chi connectivity index (χ1) is 13.6. The van der Waals surface area contributed by atoms with Crippen LogP contribution in [-0.4, -0.2) is 42.9 Å². The van der Waals surface area contributed by atoms with Gasteiger partial charge in [0, 0.05) is 36.5 Å². The Balaban J connectivity index is 1.55. The fourth-order valence-corrected chi connectivity index (χ4v) is 4.57.